The molecule has 1 heterocycles. The largest absolute Gasteiger partial charge is 0.317 e. The molecule has 0 aromatic carbocycles. The maximum absolute atomic E-state index is 6.60. The first kappa shape index (κ1) is 13.3. The lowest BCUT2D eigenvalue weighted by Gasteiger charge is -2.30. The zero-order chi connectivity index (χ0) is 11.1. The molecular weight excluding hydrogens is 208 g/mol. The SMILES string of the molecule is CCCCC(C)NC1(Cl)CCCNCC1. The summed E-state index contributed by atoms with van der Waals surface area (Å²) >= 11 is 6.60. The Morgan fingerprint density at radius 1 is 1.40 bits per heavy atom. The van der Waals surface area contributed by atoms with Gasteiger partial charge in [0.1, 0.15) is 0 Å². The van der Waals surface area contributed by atoms with Gasteiger partial charge in [-0.25, -0.2) is 0 Å². The number of nitrogens with one attached hydrogen (secondary N) is 2. The maximum atomic E-state index is 6.60. The van der Waals surface area contributed by atoms with E-state index in [9.17, 15) is 0 Å². The van der Waals surface area contributed by atoms with Gasteiger partial charge in [0.15, 0.2) is 0 Å². The predicted octanol–water partition coefficient (Wildman–Crippen LogP) is 2.86. The Morgan fingerprint density at radius 2 is 2.20 bits per heavy atom. The summed E-state index contributed by atoms with van der Waals surface area (Å²) in [5, 5.41) is 6.99. The van der Waals surface area contributed by atoms with Gasteiger partial charge in [-0.1, -0.05) is 19.8 Å². The lowest BCUT2D eigenvalue weighted by atomic mass is 10.1. The minimum absolute atomic E-state index is 0.156. The summed E-state index contributed by atoms with van der Waals surface area (Å²) < 4.78 is 0. The molecule has 1 fully saturated rings. The van der Waals surface area contributed by atoms with Gasteiger partial charge >= 0.3 is 0 Å². The predicted molar refractivity (Wildman–Crippen MR) is 67.4 cm³/mol. The van der Waals surface area contributed by atoms with Gasteiger partial charge in [0, 0.05) is 6.04 Å². The molecule has 1 rings (SSSR count). The van der Waals surface area contributed by atoms with Crippen molar-refractivity contribution in [1.82, 2.24) is 10.6 Å². The second-order valence-corrected chi connectivity index (χ2v) is 5.48. The third kappa shape index (κ3) is 5.19. The van der Waals surface area contributed by atoms with E-state index in [0.29, 0.717) is 6.04 Å². The molecule has 0 aromatic heterocycles. The number of hydrogen-bond donors (Lipinski definition) is 2. The maximum Gasteiger partial charge on any atom is 0.0950 e. The average Bonchev–Trinajstić information content (AvgIpc) is 2.40. The van der Waals surface area contributed by atoms with Crippen molar-refractivity contribution in [2.45, 2.75) is 63.4 Å². The van der Waals surface area contributed by atoms with Crippen molar-refractivity contribution >= 4 is 11.6 Å². The summed E-state index contributed by atoms with van der Waals surface area (Å²) in [6.45, 7) is 6.63. The topological polar surface area (TPSA) is 24.1 Å². The Bertz CT molecular complexity index is 165. The van der Waals surface area contributed by atoms with Crippen LogP contribution in [0.1, 0.15) is 52.4 Å². The minimum Gasteiger partial charge on any atom is -0.317 e. The molecule has 3 heteroatoms. The lowest BCUT2D eigenvalue weighted by Crippen LogP contribution is -2.45. The van der Waals surface area contributed by atoms with Crippen LogP contribution in [0.15, 0.2) is 0 Å². The van der Waals surface area contributed by atoms with E-state index in [0.717, 1.165) is 25.9 Å². The van der Waals surface area contributed by atoms with Crippen LogP contribution in [0.5, 0.6) is 0 Å². The van der Waals surface area contributed by atoms with Gasteiger partial charge in [-0.2, -0.15) is 0 Å². The third-order valence-corrected chi connectivity index (χ3v) is 3.61. The van der Waals surface area contributed by atoms with Gasteiger partial charge in [0.05, 0.1) is 5.00 Å². The molecule has 2 N–H and O–H groups in total. The quantitative estimate of drug-likeness (QED) is 0.563. The number of halogens is 1. The molecule has 0 aliphatic carbocycles. The van der Waals surface area contributed by atoms with Crippen molar-refractivity contribution in [2.75, 3.05) is 13.1 Å². The Hall–Kier alpha value is 0.210. The minimum atomic E-state index is -0.156. The third-order valence-electron chi connectivity index (χ3n) is 3.12. The molecule has 1 aliphatic heterocycles. The summed E-state index contributed by atoms with van der Waals surface area (Å²) in [4.78, 5) is -0.156. The first-order valence-corrected chi connectivity index (χ1v) is 6.71. The molecule has 0 bridgehead atoms. The number of unbranched alkanes of at least 4 members (excludes halogenated alkanes) is 1. The number of hydrogen-bond acceptors (Lipinski definition) is 2. The summed E-state index contributed by atoms with van der Waals surface area (Å²) in [7, 11) is 0. The van der Waals surface area contributed by atoms with Crippen molar-refractivity contribution in [3.05, 3.63) is 0 Å². The first-order chi connectivity index (χ1) is 7.16. The number of alkyl halides is 1. The lowest BCUT2D eigenvalue weighted by molar-refractivity contribution is 0.353. The normalized spacial score (nSPS) is 29.8. The fraction of sp³-hybridized carbons (Fsp3) is 1.00. The fourth-order valence-corrected chi connectivity index (χ4v) is 2.61. The molecule has 2 unspecified atom stereocenters. The van der Waals surface area contributed by atoms with Crippen LogP contribution < -0.4 is 10.6 Å². The fourth-order valence-electron chi connectivity index (χ4n) is 2.20. The van der Waals surface area contributed by atoms with Crippen molar-refractivity contribution in [1.29, 1.82) is 0 Å². The summed E-state index contributed by atoms with van der Waals surface area (Å²) in [5.74, 6) is 0. The van der Waals surface area contributed by atoms with Crippen molar-refractivity contribution in [3.8, 4) is 0 Å². The molecule has 0 aromatic rings. The van der Waals surface area contributed by atoms with Crippen molar-refractivity contribution in [3.63, 3.8) is 0 Å². The van der Waals surface area contributed by atoms with Crippen LogP contribution in [0.4, 0.5) is 0 Å². The molecule has 15 heavy (non-hydrogen) atoms. The molecule has 0 amide bonds. The van der Waals surface area contributed by atoms with Crippen LogP contribution in [-0.2, 0) is 0 Å². The highest BCUT2D eigenvalue weighted by molar-refractivity contribution is 6.23. The van der Waals surface area contributed by atoms with E-state index in [1.807, 2.05) is 0 Å². The highest BCUT2D eigenvalue weighted by atomic mass is 35.5. The van der Waals surface area contributed by atoms with Gasteiger partial charge in [-0.3, -0.25) is 5.32 Å². The molecule has 2 nitrogen and oxygen atoms in total. The molecule has 2 atom stereocenters. The summed E-state index contributed by atoms with van der Waals surface area (Å²) in [5.41, 5.74) is 0. The Balaban J connectivity index is 2.32. The summed E-state index contributed by atoms with van der Waals surface area (Å²) in [6.07, 6.45) is 7.08. The van der Waals surface area contributed by atoms with E-state index in [4.69, 9.17) is 11.6 Å². The standard InChI is InChI=1S/C12H25ClN2/c1-3-4-6-11(2)15-12(13)7-5-9-14-10-8-12/h11,14-15H,3-10H2,1-2H3. The Morgan fingerprint density at radius 3 is 2.93 bits per heavy atom. The molecule has 0 radical (unpaired) electrons. The van der Waals surface area contributed by atoms with Crippen LogP contribution in [0.25, 0.3) is 0 Å². The van der Waals surface area contributed by atoms with Gasteiger partial charge in [0.2, 0.25) is 0 Å². The van der Waals surface area contributed by atoms with Crippen LogP contribution in [0, 0.1) is 0 Å². The molecular formula is C12H25ClN2. The van der Waals surface area contributed by atoms with Gasteiger partial charge < -0.3 is 5.32 Å². The first-order valence-electron chi connectivity index (χ1n) is 6.33. The summed E-state index contributed by atoms with van der Waals surface area (Å²) in [6, 6.07) is 0.542. The van der Waals surface area contributed by atoms with E-state index >= 15 is 0 Å². The Labute approximate surface area is 99.2 Å². The molecule has 90 valence electrons. The zero-order valence-corrected chi connectivity index (χ0v) is 10.9. The van der Waals surface area contributed by atoms with Crippen LogP contribution in [0.3, 0.4) is 0 Å². The highest BCUT2D eigenvalue weighted by Crippen LogP contribution is 2.25. The van der Waals surface area contributed by atoms with Crippen LogP contribution in [0.2, 0.25) is 0 Å². The molecule has 0 saturated carbocycles. The molecule has 0 spiro atoms. The Kier molecular flexibility index (Phi) is 5.95. The number of rotatable bonds is 5. The van der Waals surface area contributed by atoms with E-state index in [-0.39, 0.29) is 5.00 Å². The monoisotopic (exact) mass is 232 g/mol. The average molecular weight is 233 g/mol. The zero-order valence-electron chi connectivity index (χ0n) is 10.1. The highest BCUT2D eigenvalue weighted by Gasteiger charge is 2.28. The smallest absolute Gasteiger partial charge is 0.0950 e. The van der Waals surface area contributed by atoms with Gasteiger partial charge in [-0.05, 0) is 45.7 Å². The molecule has 1 aliphatic rings. The van der Waals surface area contributed by atoms with Crippen LogP contribution >= 0.6 is 11.6 Å². The van der Waals surface area contributed by atoms with Gasteiger partial charge in [-0.15, -0.1) is 11.6 Å². The van der Waals surface area contributed by atoms with Gasteiger partial charge in [0.25, 0.3) is 0 Å². The second kappa shape index (κ2) is 6.72. The molecule has 1 saturated heterocycles. The van der Waals surface area contributed by atoms with E-state index in [1.165, 1.54) is 25.7 Å². The van der Waals surface area contributed by atoms with Crippen molar-refractivity contribution in [2.24, 2.45) is 0 Å². The van der Waals surface area contributed by atoms with Crippen LogP contribution in [-0.4, -0.2) is 24.1 Å². The second-order valence-electron chi connectivity index (χ2n) is 4.76. The van der Waals surface area contributed by atoms with E-state index in [1.54, 1.807) is 0 Å². The van der Waals surface area contributed by atoms with E-state index in [2.05, 4.69) is 24.5 Å². The van der Waals surface area contributed by atoms with E-state index < -0.39 is 0 Å². The van der Waals surface area contributed by atoms with Crippen molar-refractivity contribution < 1.29 is 0 Å².